The van der Waals surface area contributed by atoms with E-state index in [1.807, 2.05) is 19.9 Å². The van der Waals surface area contributed by atoms with Crippen molar-refractivity contribution >= 4 is 22.8 Å². The average molecular weight is 189 g/mol. The Morgan fingerprint density at radius 2 is 2.00 bits per heavy atom. The van der Waals surface area contributed by atoms with Crippen molar-refractivity contribution < 1.29 is 0 Å². The normalized spacial score (nSPS) is 10.2. The lowest BCUT2D eigenvalue weighted by Crippen LogP contribution is -1.87. The van der Waals surface area contributed by atoms with Crippen LogP contribution in [0.25, 0.3) is 11.0 Å². The second-order valence-corrected chi connectivity index (χ2v) is 3.47. The minimum Gasteiger partial charge on any atom is -0.192 e. The largest absolute Gasteiger partial charge is 0.192 e. The van der Waals surface area contributed by atoms with Crippen LogP contribution >= 0.6 is 11.7 Å². The van der Waals surface area contributed by atoms with E-state index < -0.39 is 0 Å². The summed E-state index contributed by atoms with van der Waals surface area (Å²) >= 11 is 1.19. The quantitative estimate of drug-likeness (QED) is 0.638. The second-order valence-electron chi connectivity index (χ2n) is 2.94. The second kappa shape index (κ2) is 2.79. The summed E-state index contributed by atoms with van der Waals surface area (Å²) in [6, 6.07) is 4.02. The van der Waals surface area contributed by atoms with E-state index in [9.17, 15) is 0 Å². The molecule has 0 aliphatic heterocycles. The zero-order chi connectivity index (χ0) is 9.42. The van der Waals surface area contributed by atoms with E-state index >= 15 is 0 Å². The molecule has 2 rings (SSSR count). The summed E-state index contributed by atoms with van der Waals surface area (Å²) in [4.78, 5) is 0. The molecule has 0 aliphatic carbocycles. The Morgan fingerprint density at radius 3 is 2.69 bits per heavy atom. The number of hydrogen-bond donors (Lipinski definition) is 0. The van der Waals surface area contributed by atoms with E-state index in [0.29, 0.717) is 5.56 Å². The van der Waals surface area contributed by atoms with E-state index in [-0.39, 0.29) is 0 Å². The van der Waals surface area contributed by atoms with Gasteiger partial charge in [0, 0.05) is 0 Å². The molecule has 1 aromatic heterocycles. The number of aryl methyl sites for hydroxylation is 2. The molecule has 0 unspecified atom stereocenters. The molecule has 0 aliphatic rings. The van der Waals surface area contributed by atoms with Gasteiger partial charge in [-0.2, -0.15) is 14.0 Å². The van der Waals surface area contributed by atoms with Crippen LogP contribution in [0, 0.1) is 25.2 Å². The van der Waals surface area contributed by atoms with E-state index in [0.717, 1.165) is 22.2 Å². The summed E-state index contributed by atoms with van der Waals surface area (Å²) in [6.45, 7) is 3.85. The van der Waals surface area contributed by atoms with Crippen LogP contribution in [0.4, 0.5) is 0 Å². The minimum absolute atomic E-state index is 0.692. The van der Waals surface area contributed by atoms with Gasteiger partial charge in [-0.3, -0.25) is 0 Å². The van der Waals surface area contributed by atoms with Crippen molar-refractivity contribution in [1.82, 2.24) is 8.75 Å². The lowest BCUT2D eigenvalue weighted by Gasteiger charge is -1.99. The minimum atomic E-state index is 0.692. The highest BCUT2D eigenvalue weighted by molar-refractivity contribution is 7.00. The van der Waals surface area contributed by atoms with Crippen LogP contribution < -0.4 is 0 Å². The maximum atomic E-state index is 8.85. The van der Waals surface area contributed by atoms with Crippen LogP contribution in [0.1, 0.15) is 16.7 Å². The molecule has 2 aromatic rings. The Kier molecular flexibility index (Phi) is 1.74. The summed E-state index contributed by atoms with van der Waals surface area (Å²) < 4.78 is 8.34. The summed E-state index contributed by atoms with van der Waals surface area (Å²) in [6.07, 6.45) is 0. The van der Waals surface area contributed by atoms with Crippen LogP contribution in [0.2, 0.25) is 0 Å². The zero-order valence-corrected chi connectivity index (χ0v) is 8.14. The number of aromatic nitrogens is 2. The van der Waals surface area contributed by atoms with E-state index in [1.165, 1.54) is 11.7 Å². The van der Waals surface area contributed by atoms with Crippen LogP contribution in [0.5, 0.6) is 0 Å². The van der Waals surface area contributed by atoms with Gasteiger partial charge in [-0.05, 0) is 31.0 Å². The van der Waals surface area contributed by atoms with E-state index in [4.69, 9.17) is 5.26 Å². The lowest BCUT2D eigenvalue weighted by atomic mass is 10.0. The molecule has 0 bridgehead atoms. The van der Waals surface area contributed by atoms with Crippen molar-refractivity contribution in [2.75, 3.05) is 0 Å². The fourth-order valence-corrected chi connectivity index (χ4v) is 1.99. The number of hydrogen-bond acceptors (Lipinski definition) is 4. The maximum absolute atomic E-state index is 8.85. The van der Waals surface area contributed by atoms with Crippen LogP contribution in [0.15, 0.2) is 6.07 Å². The molecule has 0 fully saturated rings. The zero-order valence-electron chi connectivity index (χ0n) is 7.33. The predicted octanol–water partition coefficient (Wildman–Crippen LogP) is 2.18. The summed E-state index contributed by atoms with van der Waals surface area (Å²) in [5.74, 6) is 0. The molecule has 1 aromatic carbocycles. The number of fused-ring (bicyclic) bond motifs is 1. The van der Waals surface area contributed by atoms with Crippen molar-refractivity contribution in [2.45, 2.75) is 13.8 Å². The summed E-state index contributed by atoms with van der Waals surface area (Å²) in [5.41, 5.74) is 4.42. The molecule has 0 spiro atoms. The van der Waals surface area contributed by atoms with Crippen LogP contribution in [-0.2, 0) is 0 Å². The van der Waals surface area contributed by atoms with Gasteiger partial charge in [0.05, 0.1) is 23.4 Å². The third-order valence-electron chi connectivity index (χ3n) is 2.10. The van der Waals surface area contributed by atoms with Gasteiger partial charge >= 0.3 is 0 Å². The SMILES string of the molecule is Cc1cc(C#N)c(C)c2nsnc12. The molecule has 0 radical (unpaired) electrons. The van der Waals surface area contributed by atoms with E-state index in [1.54, 1.807) is 0 Å². The number of benzene rings is 1. The molecular formula is C9H7N3S. The Bertz CT molecular complexity index is 507. The Morgan fingerprint density at radius 1 is 1.31 bits per heavy atom. The third kappa shape index (κ3) is 1.09. The maximum Gasteiger partial charge on any atom is 0.109 e. The van der Waals surface area contributed by atoms with Gasteiger partial charge in [0.2, 0.25) is 0 Å². The van der Waals surface area contributed by atoms with Gasteiger partial charge in [-0.15, -0.1) is 0 Å². The highest BCUT2D eigenvalue weighted by Crippen LogP contribution is 2.22. The van der Waals surface area contributed by atoms with Gasteiger partial charge in [-0.1, -0.05) is 0 Å². The molecule has 64 valence electrons. The van der Waals surface area contributed by atoms with Crippen LogP contribution in [0.3, 0.4) is 0 Å². The molecule has 1 heterocycles. The Labute approximate surface area is 80.0 Å². The Balaban J connectivity index is 2.95. The van der Waals surface area contributed by atoms with Gasteiger partial charge < -0.3 is 0 Å². The highest BCUT2D eigenvalue weighted by atomic mass is 32.1. The molecule has 0 amide bonds. The monoisotopic (exact) mass is 189 g/mol. The van der Waals surface area contributed by atoms with Crippen LogP contribution in [-0.4, -0.2) is 8.75 Å². The summed E-state index contributed by atoms with van der Waals surface area (Å²) in [7, 11) is 0. The van der Waals surface area contributed by atoms with Crippen molar-refractivity contribution in [3.8, 4) is 6.07 Å². The summed E-state index contributed by atoms with van der Waals surface area (Å²) in [5, 5.41) is 8.85. The first-order valence-electron chi connectivity index (χ1n) is 3.86. The number of nitriles is 1. The van der Waals surface area contributed by atoms with Gasteiger partial charge in [0.15, 0.2) is 0 Å². The van der Waals surface area contributed by atoms with Gasteiger partial charge in [-0.25, -0.2) is 0 Å². The molecule has 0 N–H and O–H groups in total. The molecule has 3 nitrogen and oxygen atoms in total. The molecule has 0 saturated heterocycles. The first-order valence-corrected chi connectivity index (χ1v) is 4.59. The molecule has 0 atom stereocenters. The van der Waals surface area contributed by atoms with Crippen molar-refractivity contribution in [1.29, 1.82) is 5.26 Å². The first kappa shape index (κ1) is 8.14. The standard InChI is InChI=1S/C9H7N3S/c1-5-3-7(4-10)6(2)9-8(5)11-13-12-9/h3H,1-2H3. The van der Waals surface area contributed by atoms with Crippen molar-refractivity contribution in [3.05, 3.63) is 22.8 Å². The Hall–Kier alpha value is -1.47. The predicted molar refractivity (Wildman–Crippen MR) is 51.6 cm³/mol. The smallest absolute Gasteiger partial charge is 0.109 e. The average Bonchev–Trinajstić information content (AvgIpc) is 2.60. The fraction of sp³-hybridized carbons (Fsp3) is 0.222. The third-order valence-corrected chi connectivity index (χ3v) is 2.63. The first-order chi connectivity index (χ1) is 6.24. The van der Waals surface area contributed by atoms with Gasteiger partial charge in [0.1, 0.15) is 11.0 Å². The highest BCUT2D eigenvalue weighted by Gasteiger charge is 2.09. The topological polar surface area (TPSA) is 49.6 Å². The van der Waals surface area contributed by atoms with Gasteiger partial charge in [0.25, 0.3) is 0 Å². The number of rotatable bonds is 0. The van der Waals surface area contributed by atoms with E-state index in [2.05, 4.69) is 14.8 Å². The van der Waals surface area contributed by atoms with Crippen molar-refractivity contribution in [3.63, 3.8) is 0 Å². The van der Waals surface area contributed by atoms with Crippen molar-refractivity contribution in [2.24, 2.45) is 0 Å². The molecule has 0 saturated carbocycles. The molecular weight excluding hydrogens is 182 g/mol. The lowest BCUT2D eigenvalue weighted by molar-refractivity contribution is 1.37. The number of nitrogens with zero attached hydrogens (tertiary/aromatic N) is 3. The molecule has 4 heteroatoms. The fourth-order valence-electron chi connectivity index (χ4n) is 1.33. The molecule has 13 heavy (non-hydrogen) atoms.